The maximum Gasteiger partial charge on any atom is 0.0750 e. The molecule has 1 aliphatic heterocycles. The van der Waals surface area contributed by atoms with Gasteiger partial charge in [-0.05, 0) is 38.3 Å². The fraction of sp³-hybridized carbons (Fsp3) is 0.571. The van der Waals surface area contributed by atoms with E-state index >= 15 is 0 Å². The third-order valence-electron chi connectivity index (χ3n) is 3.41. The first-order chi connectivity index (χ1) is 8.22. The van der Waals surface area contributed by atoms with Gasteiger partial charge in [-0.25, -0.2) is 0 Å². The average molecular weight is 234 g/mol. The quantitative estimate of drug-likeness (QED) is 0.814. The Kier molecular flexibility index (Phi) is 3.89. The molecule has 2 rings (SSSR count). The van der Waals surface area contributed by atoms with Crippen LogP contribution in [0.4, 0.5) is 11.4 Å². The largest absolute Gasteiger partial charge is 0.397 e. The first kappa shape index (κ1) is 12.2. The first-order valence-electron chi connectivity index (χ1n) is 6.44. The van der Waals surface area contributed by atoms with Gasteiger partial charge in [0.1, 0.15) is 0 Å². The molecule has 0 radical (unpaired) electrons. The van der Waals surface area contributed by atoms with E-state index in [1.807, 2.05) is 12.1 Å². The number of nitrogen functional groups attached to an aromatic ring is 1. The van der Waals surface area contributed by atoms with Crippen molar-refractivity contribution in [3.8, 4) is 0 Å². The molecule has 17 heavy (non-hydrogen) atoms. The minimum atomic E-state index is 0.369. The summed E-state index contributed by atoms with van der Waals surface area (Å²) in [6.45, 7) is 7.11. The fourth-order valence-corrected chi connectivity index (χ4v) is 2.53. The van der Waals surface area contributed by atoms with Gasteiger partial charge in [-0.15, -0.1) is 0 Å². The minimum absolute atomic E-state index is 0.369. The Morgan fingerprint density at radius 2 is 2.29 bits per heavy atom. The zero-order valence-electron chi connectivity index (χ0n) is 10.8. The molecule has 2 N–H and O–H groups in total. The molecule has 1 heterocycles. The van der Waals surface area contributed by atoms with E-state index in [-0.39, 0.29) is 0 Å². The molecule has 1 aromatic carbocycles. The highest BCUT2D eigenvalue weighted by Gasteiger charge is 2.20. The molecule has 1 atom stereocenters. The lowest BCUT2D eigenvalue weighted by atomic mass is 10.1. The maximum atomic E-state index is 6.09. The molecular weight excluding hydrogens is 212 g/mol. The normalized spacial score (nSPS) is 19.5. The number of para-hydroxylation sites is 1. The van der Waals surface area contributed by atoms with Crippen molar-refractivity contribution >= 4 is 11.4 Å². The average Bonchev–Trinajstić information content (AvgIpc) is 2.80. The van der Waals surface area contributed by atoms with Crippen LogP contribution < -0.4 is 10.6 Å². The van der Waals surface area contributed by atoms with Crippen molar-refractivity contribution in [1.82, 2.24) is 0 Å². The van der Waals surface area contributed by atoms with Crippen molar-refractivity contribution in [3.63, 3.8) is 0 Å². The summed E-state index contributed by atoms with van der Waals surface area (Å²) in [6.07, 6.45) is 2.72. The maximum absolute atomic E-state index is 6.09. The second-order valence-electron chi connectivity index (χ2n) is 4.69. The van der Waals surface area contributed by atoms with E-state index in [9.17, 15) is 0 Å². The predicted octanol–water partition coefficient (Wildman–Crippen LogP) is 2.58. The Balaban J connectivity index is 2.16. The van der Waals surface area contributed by atoms with Gasteiger partial charge in [-0.1, -0.05) is 12.1 Å². The van der Waals surface area contributed by atoms with E-state index in [1.54, 1.807) is 0 Å². The van der Waals surface area contributed by atoms with E-state index < -0.39 is 0 Å². The molecule has 1 unspecified atom stereocenters. The molecular formula is C14H22N2O. The van der Waals surface area contributed by atoms with E-state index in [2.05, 4.69) is 24.8 Å². The SMILES string of the molecule is CCN(CC1CCCO1)c1c(C)cccc1N. The Labute approximate surface area is 104 Å². The van der Waals surface area contributed by atoms with Crippen LogP contribution in [0.15, 0.2) is 18.2 Å². The van der Waals surface area contributed by atoms with Crippen LogP contribution in [-0.2, 0) is 4.74 Å². The van der Waals surface area contributed by atoms with Gasteiger partial charge in [0, 0.05) is 19.7 Å². The fourth-order valence-electron chi connectivity index (χ4n) is 2.53. The van der Waals surface area contributed by atoms with Crippen LogP contribution in [0, 0.1) is 6.92 Å². The smallest absolute Gasteiger partial charge is 0.0750 e. The van der Waals surface area contributed by atoms with Crippen LogP contribution in [-0.4, -0.2) is 25.8 Å². The summed E-state index contributed by atoms with van der Waals surface area (Å²) in [5, 5.41) is 0. The Morgan fingerprint density at radius 1 is 1.47 bits per heavy atom. The number of hydrogen-bond donors (Lipinski definition) is 1. The lowest BCUT2D eigenvalue weighted by molar-refractivity contribution is 0.116. The monoisotopic (exact) mass is 234 g/mol. The zero-order valence-corrected chi connectivity index (χ0v) is 10.8. The van der Waals surface area contributed by atoms with Gasteiger partial charge in [0.15, 0.2) is 0 Å². The molecule has 0 saturated carbocycles. The second-order valence-corrected chi connectivity index (χ2v) is 4.69. The van der Waals surface area contributed by atoms with Crippen LogP contribution >= 0.6 is 0 Å². The summed E-state index contributed by atoms with van der Waals surface area (Å²) in [4.78, 5) is 2.33. The van der Waals surface area contributed by atoms with Crippen LogP contribution in [0.2, 0.25) is 0 Å². The van der Waals surface area contributed by atoms with Crippen LogP contribution in [0.25, 0.3) is 0 Å². The third kappa shape index (κ3) is 2.72. The number of hydrogen-bond acceptors (Lipinski definition) is 3. The van der Waals surface area contributed by atoms with Crippen LogP contribution in [0.1, 0.15) is 25.3 Å². The molecule has 0 bridgehead atoms. The number of benzene rings is 1. The van der Waals surface area contributed by atoms with Gasteiger partial charge in [0.25, 0.3) is 0 Å². The molecule has 0 aliphatic carbocycles. The van der Waals surface area contributed by atoms with Crippen molar-refractivity contribution in [2.75, 3.05) is 30.3 Å². The number of anilines is 2. The van der Waals surface area contributed by atoms with Crippen molar-refractivity contribution < 1.29 is 4.74 Å². The Bertz CT molecular complexity index is 352. The highest BCUT2D eigenvalue weighted by molar-refractivity contribution is 5.71. The molecule has 0 amide bonds. The molecule has 0 spiro atoms. The van der Waals surface area contributed by atoms with Crippen molar-refractivity contribution in [1.29, 1.82) is 0 Å². The number of nitrogens with zero attached hydrogens (tertiary/aromatic N) is 1. The topological polar surface area (TPSA) is 38.5 Å². The summed E-state index contributed by atoms with van der Waals surface area (Å²) in [6, 6.07) is 6.10. The van der Waals surface area contributed by atoms with Crippen molar-refractivity contribution in [2.24, 2.45) is 0 Å². The molecule has 94 valence electrons. The summed E-state index contributed by atoms with van der Waals surface area (Å²) < 4.78 is 5.70. The van der Waals surface area contributed by atoms with Gasteiger partial charge < -0.3 is 15.4 Å². The predicted molar refractivity (Wildman–Crippen MR) is 72.5 cm³/mol. The van der Waals surface area contributed by atoms with Gasteiger partial charge in [0.05, 0.1) is 17.5 Å². The highest BCUT2D eigenvalue weighted by atomic mass is 16.5. The number of rotatable bonds is 4. The third-order valence-corrected chi connectivity index (χ3v) is 3.41. The van der Waals surface area contributed by atoms with Crippen molar-refractivity contribution in [3.05, 3.63) is 23.8 Å². The van der Waals surface area contributed by atoms with E-state index in [4.69, 9.17) is 10.5 Å². The van der Waals surface area contributed by atoms with Crippen LogP contribution in [0.5, 0.6) is 0 Å². The summed E-state index contributed by atoms with van der Waals surface area (Å²) >= 11 is 0. The molecule has 1 aromatic rings. The van der Waals surface area contributed by atoms with Gasteiger partial charge in [-0.2, -0.15) is 0 Å². The standard InChI is InChI=1S/C14H22N2O/c1-3-16(10-12-7-5-9-17-12)14-11(2)6-4-8-13(14)15/h4,6,8,12H,3,5,7,9-10,15H2,1-2H3. The number of likely N-dealkylation sites (N-methyl/N-ethyl adjacent to an activating group) is 1. The van der Waals surface area contributed by atoms with E-state index in [0.29, 0.717) is 6.10 Å². The lowest BCUT2D eigenvalue weighted by Crippen LogP contribution is -2.33. The van der Waals surface area contributed by atoms with E-state index in [1.165, 1.54) is 24.1 Å². The molecule has 1 fully saturated rings. The Morgan fingerprint density at radius 3 is 2.88 bits per heavy atom. The lowest BCUT2D eigenvalue weighted by Gasteiger charge is -2.28. The number of aryl methyl sites for hydroxylation is 1. The van der Waals surface area contributed by atoms with Crippen molar-refractivity contribution in [2.45, 2.75) is 32.8 Å². The number of ether oxygens (including phenoxy) is 1. The van der Waals surface area contributed by atoms with Gasteiger partial charge in [0.2, 0.25) is 0 Å². The molecule has 3 nitrogen and oxygen atoms in total. The number of nitrogens with two attached hydrogens (primary N) is 1. The highest BCUT2D eigenvalue weighted by Crippen LogP contribution is 2.28. The van der Waals surface area contributed by atoms with Gasteiger partial charge in [-0.3, -0.25) is 0 Å². The summed E-state index contributed by atoms with van der Waals surface area (Å²) in [7, 11) is 0. The summed E-state index contributed by atoms with van der Waals surface area (Å²) in [5.74, 6) is 0. The molecule has 0 aromatic heterocycles. The second kappa shape index (κ2) is 5.41. The Hall–Kier alpha value is -1.22. The summed E-state index contributed by atoms with van der Waals surface area (Å²) in [5.41, 5.74) is 9.37. The van der Waals surface area contributed by atoms with Gasteiger partial charge >= 0.3 is 0 Å². The molecule has 1 saturated heterocycles. The molecule has 3 heteroatoms. The van der Waals surface area contributed by atoms with E-state index in [0.717, 1.165) is 25.4 Å². The zero-order chi connectivity index (χ0) is 12.3. The first-order valence-corrected chi connectivity index (χ1v) is 6.44. The molecule has 1 aliphatic rings. The minimum Gasteiger partial charge on any atom is -0.397 e. The van der Waals surface area contributed by atoms with Crippen LogP contribution in [0.3, 0.4) is 0 Å².